The van der Waals surface area contributed by atoms with Crippen LogP contribution in [0.15, 0.2) is 70.8 Å². The normalized spacial score (nSPS) is 17.3. The van der Waals surface area contributed by atoms with Crippen LogP contribution in [0.1, 0.15) is 18.5 Å². The zero-order chi connectivity index (χ0) is 20.5. The molecule has 3 rings (SSSR count). The summed E-state index contributed by atoms with van der Waals surface area (Å²) in [7, 11) is -2.07. The molecule has 0 spiro atoms. The maximum absolute atomic E-state index is 12.8. The van der Waals surface area contributed by atoms with E-state index in [4.69, 9.17) is 4.74 Å². The van der Waals surface area contributed by atoms with E-state index in [-0.39, 0.29) is 4.90 Å². The highest BCUT2D eigenvalue weighted by Gasteiger charge is 2.36. The number of esters is 1. The maximum atomic E-state index is 12.8. The average Bonchev–Trinajstić information content (AvgIpc) is 2.67. The van der Waals surface area contributed by atoms with Crippen molar-refractivity contribution in [3.8, 4) is 0 Å². The third kappa shape index (κ3) is 3.63. The van der Waals surface area contributed by atoms with Crippen LogP contribution in [-0.2, 0) is 19.4 Å². The standard InChI is InChI=1S/C20H20N2O5S/c1-13-17(19(23)27-2)18(14-7-5-4-6-8-14)21-20(24)22(13)15-9-11-16(12-10-15)28(3,25)26/h4-12,18H,1-3H3,(H,21,24)/t18-/m0/s1. The molecule has 1 N–H and O–H groups in total. The van der Waals surface area contributed by atoms with Crippen molar-refractivity contribution < 1.29 is 22.7 Å². The zero-order valence-electron chi connectivity index (χ0n) is 15.7. The molecule has 2 aromatic rings. The van der Waals surface area contributed by atoms with E-state index in [0.717, 1.165) is 11.8 Å². The van der Waals surface area contributed by atoms with Crippen LogP contribution in [-0.4, -0.2) is 33.8 Å². The first-order valence-electron chi connectivity index (χ1n) is 8.49. The van der Waals surface area contributed by atoms with Crippen LogP contribution >= 0.6 is 0 Å². The molecule has 0 unspecified atom stereocenters. The van der Waals surface area contributed by atoms with Gasteiger partial charge in [-0.2, -0.15) is 0 Å². The number of methoxy groups -OCH3 is 1. The predicted octanol–water partition coefficient (Wildman–Crippen LogP) is 2.81. The van der Waals surface area contributed by atoms with E-state index < -0.39 is 27.9 Å². The van der Waals surface area contributed by atoms with Crippen molar-refractivity contribution in [1.29, 1.82) is 0 Å². The summed E-state index contributed by atoms with van der Waals surface area (Å²) in [4.78, 5) is 26.8. The summed E-state index contributed by atoms with van der Waals surface area (Å²) in [6.45, 7) is 1.66. The van der Waals surface area contributed by atoms with Crippen LogP contribution in [0, 0.1) is 0 Å². The van der Waals surface area contributed by atoms with Crippen molar-refractivity contribution in [2.45, 2.75) is 17.9 Å². The van der Waals surface area contributed by atoms with E-state index in [0.29, 0.717) is 17.0 Å². The van der Waals surface area contributed by atoms with Gasteiger partial charge in [0, 0.05) is 12.0 Å². The number of urea groups is 1. The van der Waals surface area contributed by atoms with Crippen LogP contribution in [0.5, 0.6) is 0 Å². The van der Waals surface area contributed by atoms with Gasteiger partial charge < -0.3 is 10.1 Å². The molecule has 7 nitrogen and oxygen atoms in total. The summed E-state index contributed by atoms with van der Waals surface area (Å²) >= 11 is 0. The van der Waals surface area contributed by atoms with E-state index >= 15 is 0 Å². The van der Waals surface area contributed by atoms with Gasteiger partial charge in [0.05, 0.1) is 29.3 Å². The minimum atomic E-state index is -3.36. The van der Waals surface area contributed by atoms with Crippen LogP contribution < -0.4 is 10.2 Å². The highest BCUT2D eigenvalue weighted by atomic mass is 32.2. The second-order valence-corrected chi connectivity index (χ2v) is 8.40. The second kappa shape index (κ2) is 7.47. The fraction of sp³-hybridized carbons (Fsp3) is 0.200. The number of sulfone groups is 1. The molecule has 0 aliphatic carbocycles. The smallest absolute Gasteiger partial charge is 0.337 e. The minimum Gasteiger partial charge on any atom is -0.466 e. The van der Waals surface area contributed by atoms with Gasteiger partial charge in [-0.25, -0.2) is 18.0 Å². The molecule has 2 amide bonds. The molecule has 0 saturated heterocycles. The van der Waals surface area contributed by atoms with Crippen molar-refractivity contribution in [1.82, 2.24) is 5.32 Å². The molecule has 1 heterocycles. The van der Waals surface area contributed by atoms with E-state index in [1.165, 1.54) is 36.3 Å². The van der Waals surface area contributed by atoms with Crippen molar-refractivity contribution in [2.75, 3.05) is 18.3 Å². The summed E-state index contributed by atoms with van der Waals surface area (Å²) in [6.07, 6.45) is 1.11. The summed E-state index contributed by atoms with van der Waals surface area (Å²) in [6, 6.07) is 13.9. The lowest BCUT2D eigenvalue weighted by Crippen LogP contribution is -2.48. The monoisotopic (exact) mass is 400 g/mol. The number of hydrogen-bond donors (Lipinski definition) is 1. The first-order valence-corrected chi connectivity index (χ1v) is 10.4. The summed E-state index contributed by atoms with van der Waals surface area (Å²) in [5, 5.41) is 2.83. The number of anilines is 1. The summed E-state index contributed by atoms with van der Waals surface area (Å²) in [5.41, 5.74) is 1.91. The fourth-order valence-electron chi connectivity index (χ4n) is 3.17. The Morgan fingerprint density at radius 1 is 1.07 bits per heavy atom. The first kappa shape index (κ1) is 19.6. The van der Waals surface area contributed by atoms with E-state index in [1.54, 1.807) is 6.92 Å². The van der Waals surface area contributed by atoms with Crippen molar-refractivity contribution >= 4 is 27.5 Å². The third-order valence-electron chi connectivity index (χ3n) is 4.55. The molecule has 1 aliphatic heterocycles. The molecular weight excluding hydrogens is 380 g/mol. The van der Waals surface area contributed by atoms with Gasteiger partial charge in [-0.05, 0) is 36.8 Å². The summed E-state index contributed by atoms with van der Waals surface area (Å²) in [5.74, 6) is -0.552. The van der Waals surface area contributed by atoms with Gasteiger partial charge in [0.2, 0.25) is 0 Å². The van der Waals surface area contributed by atoms with Gasteiger partial charge in [-0.15, -0.1) is 0 Å². The Morgan fingerprint density at radius 3 is 2.21 bits per heavy atom. The van der Waals surface area contributed by atoms with Crippen molar-refractivity contribution in [3.63, 3.8) is 0 Å². The number of carbonyl (C=O) groups excluding carboxylic acids is 2. The molecule has 0 aromatic heterocycles. The van der Waals surface area contributed by atoms with Crippen molar-refractivity contribution in [3.05, 3.63) is 71.4 Å². The Kier molecular flexibility index (Phi) is 5.24. The number of rotatable bonds is 4. The Morgan fingerprint density at radius 2 is 1.68 bits per heavy atom. The molecule has 0 radical (unpaired) electrons. The van der Waals surface area contributed by atoms with Crippen LogP contribution in [0.2, 0.25) is 0 Å². The lowest BCUT2D eigenvalue weighted by molar-refractivity contribution is -0.136. The number of ether oxygens (including phenoxy) is 1. The molecule has 28 heavy (non-hydrogen) atoms. The Bertz CT molecular complexity index is 1040. The average molecular weight is 400 g/mol. The number of carbonyl (C=O) groups is 2. The lowest BCUT2D eigenvalue weighted by Gasteiger charge is -2.35. The van der Waals surface area contributed by atoms with E-state index in [1.807, 2.05) is 30.3 Å². The molecular formula is C20H20N2O5S. The van der Waals surface area contributed by atoms with Gasteiger partial charge in [-0.1, -0.05) is 30.3 Å². The first-order chi connectivity index (χ1) is 13.2. The maximum Gasteiger partial charge on any atom is 0.337 e. The highest BCUT2D eigenvalue weighted by Crippen LogP contribution is 2.34. The van der Waals surface area contributed by atoms with Gasteiger partial charge in [-0.3, -0.25) is 4.90 Å². The Labute approximate surface area is 163 Å². The van der Waals surface area contributed by atoms with Gasteiger partial charge >= 0.3 is 12.0 Å². The quantitative estimate of drug-likeness (QED) is 0.797. The molecule has 8 heteroatoms. The molecule has 0 fully saturated rings. The predicted molar refractivity (Wildman–Crippen MR) is 104 cm³/mol. The fourth-order valence-corrected chi connectivity index (χ4v) is 3.80. The number of amides is 2. The number of nitrogens with zero attached hydrogens (tertiary/aromatic N) is 1. The van der Waals surface area contributed by atoms with Gasteiger partial charge in [0.25, 0.3) is 0 Å². The molecule has 2 aromatic carbocycles. The van der Waals surface area contributed by atoms with Crippen LogP contribution in [0.25, 0.3) is 0 Å². The molecule has 0 saturated carbocycles. The van der Waals surface area contributed by atoms with Gasteiger partial charge in [0.15, 0.2) is 9.84 Å². The zero-order valence-corrected chi connectivity index (χ0v) is 16.5. The third-order valence-corrected chi connectivity index (χ3v) is 5.67. The number of hydrogen-bond acceptors (Lipinski definition) is 5. The highest BCUT2D eigenvalue weighted by molar-refractivity contribution is 7.90. The topological polar surface area (TPSA) is 92.8 Å². The minimum absolute atomic E-state index is 0.144. The molecule has 146 valence electrons. The van der Waals surface area contributed by atoms with Crippen LogP contribution in [0.4, 0.5) is 10.5 Å². The Balaban J connectivity index is 2.10. The molecule has 0 bridgehead atoms. The number of allylic oxidation sites excluding steroid dienone is 1. The SMILES string of the molecule is COC(=O)C1=C(C)N(c2ccc(S(C)(=O)=O)cc2)C(=O)N[C@H]1c1ccccc1. The molecule has 1 atom stereocenters. The second-order valence-electron chi connectivity index (χ2n) is 6.39. The number of nitrogens with one attached hydrogen (secondary N) is 1. The number of benzene rings is 2. The van der Waals surface area contributed by atoms with E-state index in [9.17, 15) is 18.0 Å². The van der Waals surface area contributed by atoms with Crippen molar-refractivity contribution in [2.24, 2.45) is 0 Å². The Hall–Kier alpha value is -3.13. The van der Waals surface area contributed by atoms with Gasteiger partial charge in [0.1, 0.15) is 0 Å². The largest absolute Gasteiger partial charge is 0.466 e. The summed E-state index contributed by atoms with van der Waals surface area (Å²) < 4.78 is 28.3. The van der Waals surface area contributed by atoms with Crippen LogP contribution in [0.3, 0.4) is 0 Å². The van der Waals surface area contributed by atoms with E-state index in [2.05, 4.69) is 5.32 Å². The lowest BCUT2D eigenvalue weighted by atomic mass is 9.94. The molecule has 1 aliphatic rings.